The van der Waals surface area contributed by atoms with Crippen molar-refractivity contribution in [2.24, 2.45) is 0 Å². The molecule has 0 radical (unpaired) electrons. The SMILES string of the molecule is CCC1=C(CC)c2nc1c(-c1ccccc1)c1[nH]c(c(CC)c1CC)c(-c1ccccc1)c1nc(c(-c3ccccc3-c3c4nc(c(-c5ccccc5)c5[nH]c(c(CC)c5CC)c(-c5ccccc5)c5nc(c(-c6ccccc6)c6[nH]c3c(CC)c6CC)C(CC)=C5CC)C(CC)=C4CC)c3[nH]c(c(CC)c3CC)c2-c2ccccc2)C(CC)=C1CC. The summed E-state index contributed by atoms with van der Waals surface area (Å²) in [6.45, 7) is 37.8. The second-order valence-electron chi connectivity index (χ2n) is 32.8. The first-order chi connectivity index (χ1) is 59.9. The lowest BCUT2D eigenvalue weighted by Gasteiger charge is -2.17. The quantitative estimate of drug-likeness (QED) is 0.0482. The van der Waals surface area contributed by atoms with Crippen molar-refractivity contribution in [3.63, 3.8) is 0 Å². The molecule has 4 N–H and O–H groups in total. The fourth-order valence-electron chi connectivity index (χ4n) is 21.7. The van der Waals surface area contributed by atoms with Crippen LogP contribution >= 0.6 is 0 Å². The Morgan fingerprint density at radius 3 is 0.426 bits per heavy atom. The minimum atomic E-state index is 0.736. The molecular formula is C114H118N8. The first-order valence-electron chi connectivity index (χ1n) is 46.1. The summed E-state index contributed by atoms with van der Waals surface area (Å²) in [4.78, 5) is 43.9. The highest BCUT2D eigenvalue weighted by molar-refractivity contribution is 6.15. The molecule has 7 aromatic carbocycles. The number of hydrogen-bond acceptors (Lipinski definition) is 4. The van der Waals surface area contributed by atoms with Gasteiger partial charge in [0, 0.05) is 44.5 Å². The van der Waals surface area contributed by atoms with Crippen molar-refractivity contribution in [3.05, 3.63) is 296 Å². The van der Waals surface area contributed by atoms with Crippen molar-refractivity contribution in [1.29, 1.82) is 0 Å². The van der Waals surface area contributed by atoms with E-state index in [9.17, 15) is 0 Å². The molecule has 0 aliphatic carbocycles. The number of benzene rings is 7. The van der Waals surface area contributed by atoms with Gasteiger partial charge in [-0.3, -0.25) is 0 Å². The summed E-state index contributed by atoms with van der Waals surface area (Å²) >= 11 is 0. The molecule has 0 atom stereocenters. The molecule has 0 saturated heterocycles. The molecule has 4 aliphatic rings. The third kappa shape index (κ3) is 13.4. The Labute approximate surface area is 722 Å². The van der Waals surface area contributed by atoms with E-state index in [0.29, 0.717) is 0 Å². The first kappa shape index (κ1) is 82.1. The number of nitrogens with one attached hydrogen (secondary N) is 4. The van der Waals surface area contributed by atoms with E-state index >= 15 is 0 Å². The molecule has 0 fully saturated rings. The van der Waals surface area contributed by atoms with Crippen LogP contribution < -0.4 is 0 Å². The maximum atomic E-state index is 6.60. The highest BCUT2D eigenvalue weighted by Crippen LogP contribution is 2.56. The van der Waals surface area contributed by atoms with Crippen LogP contribution in [0.15, 0.2) is 206 Å². The topological polar surface area (TPSA) is 115 Å². The molecule has 16 bridgehead atoms. The predicted octanol–water partition coefficient (Wildman–Crippen LogP) is 31.7. The number of aromatic amines is 4. The number of allylic oxidation sites excluding steroid dienone is 8. The minimum absolute atomic E-state index is 0.736. The molecule has 8 heteroatoms. The van der Waals surface area contributed by atoms with Gasteiger partial charge in [-0.25, -0.2) is 19.9 Å². The van der Waals surface area contributed by atoms with Gasteiger partial charge in [0.1, 0.15) is 0 Å². The van der Waals surface area contributed by atoms with Gasteiger partial charge in [0.25, 0.3) is 0 Å². The average molecular weight is 1600 g/mol. The van der Waals surface area contributed by atoms with Crippen LogP contribution in [0.3, 0.4) is 0 Å². The maximum absolute atomic E-state index is 6.60. The third-order valence-corrected chi connectivity index (χ3v) is 26.9. The minimum Gasteiger partial charge on any atom is -0.354 e. The zero-order valence-electron chi connectivity index (χ0n) is 74.7. The number of aryl methyl sites for hydroxylation is 8. The lowest BCUT2D eigenvalue weighted by Crippen LogP contribution is -1.98. The normalized spacial score (nSPS) is 13.0. The van der Waals surface area contributed by atoms with Crippen LogP contribution in [0.4, 0.5) is 0 Å². The standard InChI is InChI=1S/C114H118N8/c1-17-73-77(21-5)103-93(69-57-43-35-44-58-69)107-81(25-9)85(29-13)111(119-107)97(112-86(30-14)82(26-10)108(120-112)94(70-59-45-36-46-60-70)104-78(22-6)74(18-2)100(116-104)91(99(73)115-103)67-53-39-33-40-54-67)89-65-51-52-66-90(89)98-113-87(31-15)83(27-11)109(121-113)95(71-61-47-37-48-62-71)105-79(23-7)75(19-3)101(117-105)92(68-55-41-34-42-56-68)102-76(20-4)80(24-8)106(118-102)96(72-63-49-38-50-64-72)110-84(28-12)88(32-16)114(98)122-110/h33-66,115,117,120,122H,17-32H2,1-16H3. The lowest BCUT2D eigenvalue weighted by atomic mass is 9.86. The van der Waals surface area contributed by atoms with Gasteiger partial charge in [-0.2, -0.15) is 0 Å². The van der Waals surface area contributed by atoms with Crippen molar-refractivity contribution >= 4 is 88.7 Å². The van der Waals surface area contributed by atoms with Gasteiger partial charge in [0.15, 0.2) is 0 Å². The van der Waals surface area contributed by atoms with Gasteiger partial charge in [-0.15, -0.1) is 0 Å². The van der Waals surface area contributed by atoms with Crippen LogP contribution in [0.2, 0.25) is 0 Å². The average Bonchev–Trinajstić information content (AvgIpc) is 1.56. The van der Waals surface area contributed by atoms with E-state index < -0.39 is 0 Å². The van der Waals surface area contributed by atoms with Crippen molar-refractivity contribution in [1.82, 2.24) is 39.9 Å². The molecule has 17 rings (SSSR count). The van der Waals surface area contributed by atoms with Crippen LogP contribution in [0, 0.1) is 0 Å². The van der Waals surface area contributed by atoms with Crippen molar-refractivity contribution in [2.45, 2.75) is 214 Å². The van der Waals surface area contributed by atoms with Crippen LogP contribution in [0.5, 0.6) is 0 Å². The van der Waals surface area contributed by atoms with Gasteiger partial charge >= 0.3 is 0 Å². The number of hydrogen-bond donors (Lipinski definition) is 4. The van der Waals surface area contributed by atoms with Crippen LogP contribution in [-0.4, -0.2) is 39.9 Å². The molecule has 122 heavy (non-hydrogen) atoms. The summed E-state index contributed by atoms with van der Waals surface area (Å²) in [7, 11) is 0. The Bertz CT molecular complexity index is 6270. The largest absolute Gasteiger partial charge is 0.354 e. The molecule has 13 aromatic rings. The fourth-order valence-corrected chi connectivity index (χ4v) is 21.7. The fraction of sp³-hybridized carbons (Fsp3) is 0.281. The third-order valence-electron chi connectivity index (χ3n) is 26.9. The molecule has 0 spiro atoms. The Balaban J connectivity index is 1.18. The summed E-state index contributed by atoms with van der Waals surface area (Å²) < 4.78 is 0. The van der Waals surface area contributed by atoms with Gasteiger partial charge < -0.3 is 19.9 Å². The van der Waals surface area contributed by atoms with Gasteiger partial charge in [-0.05, 0) is 236 Å². The smallest absolute Gasteiger partial charge is 0.0772 e. The van der Waals surface area contributed by atoms with E-state index in [1.54, 1.807) is 0 Å². The van der Waals surface area contributed by atoms with E-state index in [4.69, 9.17) is 19.9 Å². The summed E-state index contributed by atoms with van der Waals surface area (Å²) in [6, 6.07) is 76.7. The van der Waals surface area contributed by atoms with E-state index in [1.807, 2.05) is 0 Å². The van der Waals surface area contributed by atoms with Gasteiger partial charge in [0.05, 0.1) is 89.7 Å². The monoisotopic (exact) mass is 1600 g/mol. The number of nitrogens with zero attached hydrogens (tertiary/aromatic N) is 4. The maximum Gasteiger partial charge on any atom is 0.0772 e. The summed E-state index contributed by atoms with van der Waals surface area (Å²) in [5.41, 5.74) is 55.2. The number of fused-ring (bicyclic) bond motifs is 16. The highest BCUT2D eigenvalue weighted by Gasteiger charge is 2.37. The molecule has 6 aromatic heterocycles. The second-order valence-corrected chi connectivity index (χ2v) is 32.8. The number of H-pyrrole nitrogens is 4. The van der Waals surface area contributed by atoms with E-state index in [-0.39, 0.29) is 0 Å². The summed E-state index contributed by atoms with van der Waals surface area (Å²) in [6.07, 6.45) is 12.4. The number of rotatable bonds is 24. The summed E-state index contributed by atoms with van der Waals surface area (Å²) in [5, 5.41) is 0. The highest BCUT2D eigenvalue weighted by atomic mass is 14.9. The first-order valence-corrected chi connectivity index (χ1v) is 46.1. The van der Waals surface area contributed by atoms with Crippen LogP contribution in [-0.2, 0) is 51.4 Å². The molecular weight excluding hydrogens is 1480 g/mol. The molecule has 4 aliphatic heterocycles. The molecule has 614 valence electrons. The van der Waals surface area contributed by atoms with E-state index in [0.717, 1.165) is 281 Å². The van der Waals surface area contributed by atoms with Crippen LogP contribution in [0.25, 0.3) is 178 Å². The zero-order chi connectivity index (χ0) is 84.7. The Morgan fingerprint density at radius 1 is 0.156 bits per heavy atom. The molecule has 10 heterocycles. The second kappa shape index (κ2) is 35.1. The van der Waals surface area contributed by atoms with Crippen molar-refractivity contribution < 1.29 is 0 Å². The Morgan fingerprint density at radius 2 is 0.287 bits per heavy atom. The number of aromatic nitrogens is 8. The lowest BCUT2D eigenvalue weighted by molar-refractivity contribution is 1.07. The Kier molecular flexibility index (Phi) is 23.6. The van der Waals surface area contributed by atoms with E-state index in [2.05, 4.69) is 337 Å². The van der Waals surface area contributed by atoms with Crippen molar-refractivity contribution in [3.8, 4) is 89.0 Å². The van der Waals surface area contributed by atoms with E-state index in [1.165, 1.54) is 89.1 Å². The van der Waals surface area contributed by atoms with Gasteiger partial charge in [0.2, 0.25) is 0 Å². The predicted molar refractivity (Wildman–Crippen MR) is 524 cm³/mol. The van der Waals surface area contributed by atoms with Gasteiger partial charge in [-0.1, -0.05) is 317 Å². The zero-order valence-corrected chi connectivity index (χ0v) is 74.7. The van der Waals surface area contributed by atoms with Crippen molar-refractivity contribution in [2.75, 3.05) is 0 Å². The molecule has 0 unspecified atom stereocenters. The Hall–Kier alpha value is -12.3. The summed E-state index contributed by atoms with van der Waals surface area (Å²) in [5.74, 6) is 0. The molecule has 8 nitrogen and oxygen atoms in total. The molecule has 0 saturated carbocycles. The molecule has 0 amide bonds. The van der Waals surface area contributed by atoms with Crippen LogP contribution in [0.1, 0.15) is 252 Å².